The highest BCUT2D eigenvalue weighted by Gasteiger charge is 2.23. The Balaban J connectivity index is 1.20. The molecule has 0 aromatic carbocycles. The van der Waals surface area contributed by atoms with E-state index in [1.54, 1.807) is 27.7 Å². The molecule has 0 N–H and O–H groups in total. The van der Waals surface area contributed by atoms with Crippen LogP contribution in [-0.4, -0.2) is 53.7 Å². The van der Waals surface area contributed by atoms with E-state index in [2.05, 4.69) is 24.6 Å². The first-order valence-corrected chi connectivity index (χ1v) is 10.2. The third-order valence-electron chi connectivity index (χ3n) is 5.83. The smallest absolute Gasteiger partial charge is 0.266 e. The first kappa shape index (κ1) is 18.3. The second-order valence-electron chi connectivity index (χ2n) is 7.75. The number of piperidine rings is 1. The molecule has 152 valence electrons. The van der Waals surface area contributed by atoms with Gasteiger partial charge in [0.25, 0.3) is 5.56 Å². The number of aromatic nitrogens is 6. The number of fused-ring (bicyclic) bond motifs is 1. The minimum atomic E-state index is -0.0588. The van der Waals surface area contributed by atoms with Gasteiger partial charge in [0.2, 0.25) is 0 Å². The quantitative estimate of drug-likeness (QED) is 0.643. The molecule has 0 atom stereocenters. The minimum absolute atomic E-state index is 0.0588. The number of nitrogens with zero attached hydrogens (tertiary/aromatic N) is 7. The Morgan fingerprint density at radius 3 is 2.90 bits per heavy atom. The predicted molar refractivity (Wildman–Crippen MR) is 106 cm³/mol. The van der Waals surface area contributed by atoms with E-state index in [4.69, 9.17) is 4.74 Å². The van der Waals surface area contributed by atoms with Gasteiger partial charge in [-0.1, -0.05) is 0 Å². The zero-order valence-corrected chi connectivity index (χ0v) is 16.4. The van der Waals surface area contributed by atoms with Crippen LogP contribution in [0.5, 0.6) is 0 Å². The largest absolute Gasteiger partial charge is 0.372 e. The third kappa shape index (κ3) is 3.88. The van der Waals surface area contributed by atoms with Crippen molar-refractivity contribution >= 4 is 0 Å². The Morgan fingerprint density at radius 1 is 1.17 bits per heavy atom. The lowest BCUT2D eigenvalue weighted by molar-refractivity contribution is 0.0788. The normalized spacial score (nSPS) is 18.1. The topological polar surface area (TPSA) is 83.0 Å². The van der Waals surface area contributed by atoms with E-state index in [0.717, 1.165) is 51.5 Å². The molecule has 9 nitrogen and oxygen atoms in total. The van der Waals surface area contributed by atoms with Gasteiger partial charge in [-0.05, 0) is 44.0 Å². The van der Waals surface area contributed by atoms with Gasteiger partial charge in [-0.25, -0.2) is 14.3 Å². The van der Waals surface area contributed by atoms with Crippen molar-refractivity contribution in [3.63, 3.8) is 0 Å². The molecule has 5 rings (SSSR count). The second kappa shape index (κ2) is 7.92. The zero-order valence-electron chi connectivity index (χ0n) is 16.4. The van der Waals surface area contributed by atoms with E-state index in [0.29, 0.717) is 24.9 Å². The summed E-state index contributed by atoms with van der Waals surface area (Å²) in [6.07, 6.45) is 7.64. The Hall–Kier alpha value is -2.78. The lowest BCUT2D eigenvalue weighted by Gasteiger charge is -2.32. The summed E-state index contributed by atoms with van der Waals surface area (Å²) in [6.45, 7) is 5.89. The van der Waals surface area contributed by atoms with Crippen molar-refractivity contribution in [3.05, 3.63) is 58.7 Å². The van der Waals surface area contributed by atoms with Gasteiger partial charge in [0.15, 0.2) is 5.82 Å². The molecule has 0 unspecified atom stereocenters. The Morgan fingerprint density at radius 2 is 2.07 bits per heavy atom. The summed E-state index contributed by atoms with van der Waals surface area (Å²) < 4.78 is 11.0. The van der Waals surface area contributed by atoms with Gasteiger partial charge >= 0.3 is 0 Å². The summed E-state index contributed by atoms with van der Waals surface area (Å²) in [4.78, 5) is 19.2. The Kier molecular flexibility index (Phi) is 4.99. The van der Waals surface area contributed by atoms with Crippen molar-refractivity contribution in [3.8, 4) is 5.82 Å². The van der Waals surface area contributed by atoms with Crippen LogP contribution in [0.2, 0.25) is 0 Å². The molecule has 3 aromatic heterocycles. The average molecular weight is 395 g/mol. The summed E-state index contributed by atoms with van der Waals surface area (Å²) in [5.74, 6) is 2.15. The molecule has 0 radical (unpaired) electrons. The van der Waals surface area contributed by atoms with Crippen LogP contribution in [0.15, 0.2) is 41.6 Å². The number of hydrogen-bond acceptors (Lipinski definition) is 6. The number of ether oxygens (including phenoxy) is 1. The van der Waals surface area contributed by atoms with Crippen LogP contribution >= 0.6 is 0 Å². The highest BCUT2D eigenvalue weighted by Crippen LogP contribution is 2.21. The molecule has 3 aromatic rings. The maximum atomic E-state index is 12.3. The monoisotopic (exact) mass is 395 g/mol. The number of likely N-dealkylation sites (tertiary alicyclic amines) is 1. The average Bonchev–Trinajstić information content (AvgIpc) is 3.42. The molecular weight excluding hydrogens is 370 g/mol. The van der Waals surface area contributed by atoms with Gasteiger partial charge in [-0.15, -0.1) is 5.10 Å². The van der Waals surface area contributed by atoms with Gasteiger partial charge in [-0.2, -0.15) is 5.10 Å². The Bertz CT molecular complexity index is 1020. The third-order valence-corrected chi connectivity index (χ3v) is 5.83. The molecule has 0 bridgehead atoms. The van der Waals surface area contributed by atoms with Crippen LogP contribution in [0.1, 0.15) is 24.4 Å². The molecule has 2 aliphatic rings. The van der Waals surface area contributed by atoms with Crippen molar-refractivity contribution in [1.29, 1.82) is 0 Å². The highest BCUT2D eigenvalue weighted by atomic mass is 16.5. The van der Waals surface area contributed by atoms with Crippen molar-refractivity contribution in [2.24, 2.45) is 5.92 Å². The maximum absolute atomic E-state index is 12.3. The molecule has 29 heavy (non-hydrogen) atoms. The van der Waals surface area contributed by atoms with E-state index in [9.17, 15) is 4.79 Å². The number of imidazole rings is 1. The molecule has 0 amide bonds. The molecule has 5 heterocycles. The summed E-state index contributed by atoms with van der Waals surface area (Å²) in [7, 11) is 0. The van der Waals surface area contributed by atoms with Crippen LogP contribution in [0.4, 0.5) is 0 Å². The second-order valence-corrected chi connectivity index (χ2v) is 7.75. The van der Waals surface area contributed by atoms with Crippen LogP contribution in [0, 0.1) is 5.92 Å². The van der Waals surface area contributed by atoms with E-state index in [-0.39, 0.29) is 5.56 Å². The molecule has 0 saturated carbocycles. The van der Waals surface area contributed by atoms with E-state index >= 15 is 0 Å². The van der Waals surface area contributed by atoms with Crippen LogP contribution in [0.3, 0.4) is 0 Å². The molecule has 1 fully saturated rings. The zero-order chi connectivity index (χ0) is 19.6. The SMILES string of the molecule is O=c1ccc(-n2cccn2)nn1CC1CCN(Cc2cnc3n2CCOC3)CC1. The summed E-state index contributed by atoms with van der Waals surface area (Å²) in [6, 6.07) is 5.13. The molecule has 2 aliphatic heterocycles. The Labute approximate surface area is 168 Å². The van der Waals surface area contributed by atoms with Crippen LogP contribution < -0.4 is 5.56 Å². The first-order valence-electron chi connectivity index (χ1n) is 10.2. The van der Waals surface area contributed by atoms with Gasteiger partial charge in [0.05, 0.1) is 12.3 Å². The number of rotatable bonds is 5. The fourth-order valence-electron chi connectivity index (χ4n) is 4.18. The van der Waals surface area contributed by atoms with Crippen molar-refractivity contribution in [2.45, 2.75) is 39.1 Å². The fraction of sp³-hybridized carbons (Fsp3) is 0.500. The van der Waals surface area contributed by atoms with Gasteiger partial charge in [0.1, 0.15) is 12.4 Å². The van der Waals surface area contributed by atoms with Crippen molar-refractivity contribution in [2.75, 3.05) is 19.7 Å². The van der Waals surface area contributed by atoms with Crippen LogP contribution in [-0.2, 0) is 31.0 Å². The van der Waals surface area contributed by atoms with Gasteiger partial charge in [-0.3, -0.25) is 9.69 Å². The predicted octanol–water partition coefficient (Wildman–Crippen LogP) is 1.07. The molecular formula is C20H25N7O2. The number of hydrogen-bond donors (Lipinski definition) is 0. The van der Waals surface area contributed by atoms with E-state index in [1.807, 2.05) is 18.5 Å². The van der Waals surface area contributed by atoms with E-state index in [1.165, 1.54) is 5.69 Å². The van der Waals surface area contributed by atoms with Crippen molar-refractivity contribution in [1.82, 2.24) is 34.0 Å². The van der Waals surface area contributed by atoms with Crippen molar-refractivity contribution < 1.29 is 4.74 Å². The fourth-order valence-corrected chi connectivity index (χ4v) is 4.18. The lowest BCUT2D eigenvalue weighted by Crippen LogP contribution is -2.37. The molecule has 1 saturated heterocycles. The summed E-state index contributed by atoms with van der Waals surface area (Å²) in [5, 5.41) is 8.70. The molecule has 0 aliphatic carbocycles. The van der Waals surface area contributed by atoms with Gasteiger partial charge < -0.3 is 9.30 Å². The maximum Gasteiger partial charge on any atom is 0.266 e. The molecule has 9 heteroatoms. The summed E-state index contributed by atoms with van der Waals surface area (Å²) >= 11 is 0. The minimum Gasteiger partial charge on any atom is -0.372 e. The standard InChI is InChI=1S/C20H25N7O2/c28-20-3-2-18(26-7-1-6-22-26)23-27(20)13-16-4-8-24(9-5-16)14-17-12-21-19-15-29-11-10-25(17)19/h1-3,6-7,12,16H,4-5,8-11,13-15H2. The van der Waals surface area contributed by atoms with Gasteiger partial charge in [0, 0.05) is 44.3 Å². The highest BCUT2D eigenvalue weighted by molar-refractivity contribution is 5.17. The van der Waals surface area contributed by atoms with Crippen LogP contribution in [0.25, 0.3) is 5.82 Å². The first-order chi connectivity index (χ1) is 14.3. The summed E-state index contributed by atoms with van der Waals surface area (Å²) in [5.41, 5.74) is 1.21. The van der Waals surface area contributed by atoms with E-state index < -0.39 is 0 Å². The lowest BCUT2D eigenvalue weighted by atomic mass is 9.97. The molecule has 0 spiro atoms.